The van der Waals surface area contributed by atoms with Crippen LogP contribution in [0, 0.1) is 12.7 Å². The third-order valence-electron chi connectivity index (χ3n) is 4.21. The summed E-state index contributed by atoms with van der Waals surface area (Å²) in [5.74, 6) is 0.214. The van der Waals surface area contributed by atoms with Gasteiger partial charge in [-0.05, 0) is 36.8 Å². The number of benzene rings is 2. The van der Waals surface area contributed by atoms with Gasteiger partial charge in [-0.25, -0.2) is 9.37 Å². The van der Waals surface area contributed by atoms with Gasteiger partial charge in [0.15, 0.2) is 5.16 Å². The van der Waals surface area contributed by atoms with Crippen LogP contribution in [-0.2, 0) is 5.75 Å². The molecule has 0 saturated carbocycles. The van der Waals surface area contributed by atoms with Crippen LogP contribution in [0.15, 0.2) is 52.4 Å². The molecule has 0 atom stereocenters. The zero-order valence-corrected chi connectivity index (χ0v) is 16.2. The van der Waals surface area contributed by atoms with E-state index >= 15 is 0 Å². The van der Waals surface area contributed by atoms with E-state index in [0.29, 0.717) is 33.1 Å². The highest BCUT2D eigenvalue weighted by Crippen LogP contribution is 2.24. The largest absolute Gasteiger partial charge is 0.368 e. The summed E-state index contributed by atoms with van der Waals surface area (Å²) >= 11 is 1.22. The molecule has 4 rings (SSSR count). The van der Waals surface area contributed by atoms with Crippen molar-refractivity contribution in [1.29, 1.82) is 0 Å². The van der Waals surface area contributed by atoms with Gasteiger partial charge in [0.25, 0.3) is 5.56 Å². The van der Waals surface area contributed by atoms with E-state index in [1.807, 2.05) is 0 Å². The predicted molar refractivity (Wildman–Crippen MR) is 110 cm³/mol. The van der Waals surface area contributed by atoms with E-state index in [-0.39, 0.29) is 23.2 Å². The SMILES string of the molecule is Cc1ccc(-n2c(SCc3nc(N)nc(N)n3)nc3ccccc3c2=O)cc1F. The molecular formula is C19H16FN7OS. The lowest BCUT2D eigenvalue weighted by Crippen LogP contribution is -2.22. The number of para-hydroxylation sites is 1. The highest BCUT2D eigenvalue weighted by Gasteiger charge is 2.15. The number of fused-ring (bicyclic) bond motifs is 1. The summed E-state index contributed by atoms with van der Waals surface area (Å²) in [5.41, 5.74) is 12.3. The molecule has 0 fully saturated rings. The van der Waals surface area contributed by atoms with Gasteiger partial charge < -0.3 is 11.5 Å². The number of nitrogen functional groups attached to an aromatic ring is 2. The molecule has 0 saturated heterocycles. The first kappa shape index (κ1) is 18.8. The van der Waals surface area contributed by atoms with Crippen molar-refractivity contribution in [2.45, 2.75) is 17.8 Å². The average molecular weight is 409 g/mol. The fourth-order valence-electron chi connectivity index (χ4n) is 2.81. The minimum absolute atomic E-state index is 0.0116. The Labute approximate surface area is 168 Å². The number of nitrogens with two attached hydrogens (primary N) is 2. The molecule has 2 heterocycles. The quantitative estimate of drug-likeness (QED) is 0.389. The van der Waals surface area contributed by atoms with Gasteiger partial charge in [-0.3, -0.25) is 9.36 Å². The molecule has 0 aliphatic carbocycles. The van der Waals surface area contributed by atoms with Gasteiger partial charge in [0, 0.05) is 0 Å². The van der Waals surface area contributed by atoms with Gasteiger partial charge in [-0.15, -0.1) is 0 Å². The maximum Gasteiger partial charge on any atom is 0.266 e. The Morgan fingerprint density at radius 1 is 1.03 bits per heavy atom. The van der Waals surface area contributed by atoms with Crippen molar-refractivity contribution in [1.82, 2.24) is 24.5 Å². The second kappa shape index (κ2) is 7.47. The van der Waals surface area contributed by atoms with Gasteiger partial charge in [0.2, 0.25) is 11.9 Å². The van der Waals surface area contributed by atoms with E-state index in [2.05, 4.69) is 19.9 Å². The molecule has 10 heteroatoms. The zero-order chi connectivity index (χ0) is 20.5. The number of anilines is 2. The molecule has 8 nitrogen and oxygen atoms in total. The van der Waals surface area contributed by atoms with E-state index < -0.39 is 5.82 Å². The van der Waals surface area contributed by atoms with Crippen LogP contribution in [0.3, 0.4) is 0 Å². The molecule has 0 bridgehead atoms. The highest BCUT2D eigenvalue weighted by atomic mass is 32.2. The Kier molecular flexibility index (Phi) is 4.85. The monoisotopic (exact) mass is 409 g/mol. The topological polar surface area (TPSA) is 126 Å². The number of aryl methyl sites for hydroxylation is 1. The van der Waals surface area contributed by atoms with Crippen LogP contribution in [0.4, 0.5) is 16.3 Å². The standard InChI is InChI=1S/C19H16FN7OS/c1-10-6-7-11(8-13(10)20)27-16(28)12-4-2-3-5-14(12)23-19(27)29-9-15-24-17(21)26-18(22)25-15/h2-8H,9H2,1H3,(H4,21,22,24,25,26). The second-order valence-electron chi connectivity index (χ2n) is 6.24. The van der Waals surface area contributed by atoms with Gasteiger partial charge in [-0.2, -0.15) is 15.0 Å². The summed E-state index contributed by atoms with van der Waals surface area (Å²) in [7, 11) is 0. The van der Waals surface area contributed by atoms with Crippen molar-refractivity contribution in [3.8, 4) is 5.69 Å². The number of nitrogens with zero attached hydrogens (tertiary/aromatic N) is 5. The molecular weight excluding hydrogens is 393 g/mol. The number of thioether (sulfide) groups is 1. The Balaban J connectivity index is 1.84. The van der Waals surface area contributed by atoms with Crippen LogP contribution < -0.4 is 17.0 Å². The number of hydrogen-bond acceptors (Lipinski definition) is 8. The molecule has 0 spiro atoms. The minimum Gasteiger partial charge on any atom is -0.368 e. The Morgan fingerprint density at radius 3 is 2.48 bits per heavy atom. The minimum atomic E-state index is -0.406. The molecule has 0 aliphatic rings. The first-order valence-corrected chi connectivity index (χ1v) is 9.58. The van der Waals surface area contributed by atoms with Crippen LogP contribution in [-0.4, -0.2) is 24.5 Å². The van der Waals surface area contributed by atoms with Crippen LogP contribution in [0.2, 0.25) is 0 Å². The summed E-state index contributed by atoms with van der Waals surface area (Å²) in [6.45, 7) is 1.66. The van der Waals surface area contributed by atoms with Crippen molar-refractivity contribution >= 4 is 34.6 Å². The van der Waals surface area contributed by atoms with Crippen LogP contribution in [0.25, 0.3) is 16.6 Å². The van der Waals surface area contributed by atoms with Crippen molar-refractivity contribution in [3.05, 3.63) is 70.0 Å². The summed E-state index contributed by atoms with van der Waals surface area (Å²) in [4.78, 5) is 29.6. The molecule has 4 aromatic rings. The molecule has 2 aromatic carbocycles. The molecule has 0 aliphatic heterocycles. The Morgan fingerprint density at radius 2 is 1.76 bits per heavy atom. The van der Waals surface area contributed by atoms with Crippen LogP contribution in [0.5, 0.6) is 0 Å². The average Bonchev–Trinajstić information content (AvgIpc) is 2.68. The molecule has 29 heavy (non-hydrogen) atoms. The van der Waals surface area contributed by atoms with Gasteiger partial charge in [0.05, 0.1) is 22.3 Å². The van der Waals surface area contributed by atoms with Crippen molar-refractivity contribution in [2.75, 3.05) is 11.5 Å². The molecule has 0 amide bonds. The smallest absolute Gasteiger partial charge is 0.266 e. The van der Waals surface area contributed by atoms with Gasteiger partial charge >= 0.3 is 0 Å². The first-order chi connectivity index (χ1) is 13.9. The summed E-state index contributed by atoms with van der Waals surface area (Å²) in [5, 5.41) is 0.806. The maximum atomic E-state index is 14.2. The molecule has 4 N–H and O–H groups in total. The number of rotatable bonds is 4. The Bertz CT molecular complexity index is 1270. The fourth-order valence-corrected chi connectivity index (χ4v) is 3.68. The zero-order valence-electron chi connectivity index (χ0n) is 15.3. The summed E-state index contributed by atoms with van der Waals surface area (Å²) in [6, 6.07) is 11.6. The number of hydrogen-bond donors (Lipinski definition) is 2. The maximum absolute atomic E-state index is 14.2. The Hall–Kier alpha value is -3.53. The summed E-state index contributed by atoms with van der Waals surface area (Å²) in [6.07, 6.45) is 0. The van der Waals surface area contributed by atoms with E-state index in [1.54, 1.807) is 43.3 Å². The van der Waals surface area contributed by atoms with Crippen molar-refractivity contribution in [3.63, 3.8) is 0 Å². The molecule has 146 valence electrons. The van der Waals surface area contributed by atoms with Crippen LogP contribution >= 0.6 is 11.8 Å². The van der Waals surface area contributed by atoms with Crippen LogP contribution in [0.1, 0.15) is 11.4 Å². The van der Waals surface area contributed by atoms with Crippen molar-refractivity contribution < 1.29 is 4.39 Å². The van der Waals surface area contributed by atoms with E-state index in [9.17, 15) is 9.18 Å². The second-order valence-corrected chi connectivity index (χ2v) is 7.18. The highest BCUT2D eigenvalue weighted by molar-refractivity contribution is 7.98. The summed E-state index contributed by atoms with van der Waals surface area (Å²) < 4.78 is 15.6. The van der Waals surface area contributed by atoms with Gasteiger partial charge in [0.1, 0.15) is 11.6 Å². The van der Waals surface area contributed by atoms with Gasteiger partial charge in [-0.1, -0.05) is 30.0 Å². The first-order valence-electron chi connectivity index (χ1n) is 8.59. The number of halogens is 1. The van der Waals surface area contributed by atoms with E-state index in [1.165, 1.54) is 22.4 Å². The molecule has 2 aromatic heterocycles. The van der Waals surface area contributed by atoms with Crippen molar-refractivity contribution in [2.24, 2.45) is 0 Å². The lowest BCUT2D eigenvalue weighted by atomic mass is 10.2. The fraction of sp³-hybridized carbons (Fsp3) is 0.105. The number of aromatic nitrogens is 5. The van der Waals surface area contributed by atoms with E-state index in [0.717, 1.165) is 0 Å². The lowest BCUT2D eigenvalue weighted by Gasteiger charge is -2.13. The van der Waals surface area contributed by atoms with E-state index in [4.69, 9.17) is 11.5 Å². The lowest BCUT2D eigenvalue weighted by molar-refractivity contribution is 0.615. The molecule has 0 unspecified atom stereocenters. The third kappa shape index (κ3) is 3.74. The molecule has 0 radical (unpaired) electrons. The normalized spacial score (nSPS) is 11.1. The predicted octanol–water partition coefficient (Wildman–Crippen LogP) is 2.47. The third-order valence-corrected chi connectivity index (χ3v) is 5.14.